The minimum Gasteiger partial charge on any atom is -0.353 e. The first-order valence-electron chi connectivity index (χ1n) is 6.82. The molecule has 0 N–H and O–H groups in total. The van der Waals surface area contributed by atoms with Crippen molar-refractivity contribution >= 4 is 0 Å². The third kappa shape index (κ3) is 2.68. The van der Waals surface area contributed by atoms with Gasteiger partial charge in [-0.2, -0.15) is 13.2 Å². The van der Waals surface area contributed by atoms with Crippen LogP contribution in [-0.2, 0) is 9.47 Å². The second kappa shape index (κ2) is 5.09. The third-order valence-corrected chi connectivity index (χ3v) is 4.36. The molecule has 5 unspecified atom stereocenters. The molecule has 0 aliphatic heterocycles. The van der Waals surface area contributed by atoms with Crippen molar-refractivity contribution in [2.75, 3.05) is 6.61 Å². The predicted octanol–water partition coefficient (Wildman–Crippen LogP) is 3.92. The average Bonchev–Trinajstić information content (AvgIpc) is 2.89. The van der Waals surface area contributed by atoms with E-state index in [1.165, 1.54) is 13.8 Å². The quantitative estimate of drug-likeness (QED) is 0.560. The van der Waals surface area contributed by atoms with Crippen LogP contribution in [0.15, 0.2) is 12.2 Å². The zero-order valence-electron chi connectivity index (χ0n) is 11.5. The van der Waals surface area contributed by atoms with Crippen molar-refractivity contribution in [3.8, 4) is 0 Å². The van der Waals surface area contributed by atoms with Gasteiger partial charge < -0.3 is 9.47 Å². The fourth-order valence-electron chi connectivity index (χ4n) is 3.39. The van der Waals surface area contributed by atoms with Crippen molar-refractivity contribution in [2.45, 2.75) is 51.7 Å². The van der Waals surface area contributed by atoms with Crippen LogP contribution in [-0.4, -0.2) is 24.7 Å². The Kier molecular flexibility index (Phi) is 3.98. The molecule has 1 fully saturated rings. The molecule has 1 saturated carbocycles. The van der Waals surface area contributed by atoms with E-state index in [0.717, 1.165) is 6.42 Å². The molecule has 19 heavy (non-hydrogen) atoms. The molecule has 0 aromatic rings. The van der Waals surface area contributed by atoms with Crippen molar-refractivity contribution < 1.29 is 22.6 Å². The van der Waals surface area contributed by atoms with Crippen molar-refractivity contribution in [3.63, 3.8) is 0 Å². The van der Waals surface area contributed by atoms with E-state index in [1.54, 1.807) is 6.92 Å². The van der Waals surface area contributed by atoms with Gasteiger partial charge in [-0.1, -0.05) is 12.2 Å². The Balaban J connectivity index is 2.18. The first-order chi connectivity index (χ1) is 8.78. The van der Waals surface area contributed by atoms with Crippen LogP contribution in [0.25, 0.3) is 0 Å². The number of ether oxygens (including phenoxy) is 2. The van der Waals surface area contributed by atoms with Gasteiger partial charge in [-0.3, -0.25) is 0 Å². The largest absolute Gasteiger partial charge is 0.417 e. The van der Waals surface area contributed by atoms with E-state index in [-0.39, 0.29) is 11.8 Å². The minimum atomic E-state index is -4.39. The van der Waals surface area contributed by atoms with Gasteiger partial charge in [0, 0.05) is 12.5 Å². The van der Waals surface area contributed by atoms with Crippen LogP contribution in [0.4, 0.5) is 13.2 Å². The number of halogens is 3. The fraction of sp³-hybridized carbons (Fsp3) is 0.857. The normalized spacial score (nSPS) is 34.5. The lowest BCUT2D eigenvalue weighted by molar-refractivity contribution is -0.332. The van der Waals surface area contributed by atoms with Gasteiger partial charge in [0.15, 0.2) is 11.9 Å². The first kappa shape index (κ1) is 14.9. The van der Waals surface area contributed by atoms with Gasteiger partial charge in [0.05, 0.1) is 0 Å². The van der Waals surface area contributed by atoms with E-state index in [4.69, 9.17) is 9.47 Å². The van der Waals surface area contributed by atoms with Gasteiger partial charge in [0.25, 0.3) is 0 Å². The topological polar surface area (TPSA) is 18.5 Å². The summed E-state index contributed by atoms with van der Waals surface area (Å²) >= 11 is 0. The molecule has 0 amide bonds. The standard InChI is InChI=1S/C14H21F3O2/c1-4-18-9(2)19-13(3,14(15,16)17)12-8-10-5-6-11(12)7-10/h5-6,9-12H,4,7-8H2,1-3H3. The van der Waals surface area contributed by atoms with Gasteiger partial charge in [-0.05, 0) is 45.4 Å². The number of hydrogen-bond acceptors (Lipinski definition) is 2. The Morgan fingerprint density at radius 2 is 1.95 bits per heavy atom. The highest BCUT2D eigenvalue weighted by Crippen LogP contribution is 2.54. The fourth-order valence-corrected chi connectivity index (χ4v) is 3.39. The number of fused-ring (bicyclic) bond motifs is 2. The molecule has 0 aromatic carbocycles. The third-order valence-electron chi connectivity index (χ3n) is 4.36. The Morgan fingerprint density at radius 3 is 2.37 bits per heavy atom. The Bertz CT molecular complexity index is 353. The van der Waals surface area contributed by atoms with Crippen LogP contribution in [0.5, 0.6) is 0 Å². The SMILES string of the molecule is CCOC(C)OC(C)(C1CC2C=CC1C2)C(F)(F)F. The maximum atomic E-state index is 13.5. The molecule has 5 atom stereocenters. The lowest BCUT2D eigenvalue weighted by Crippen LogP contribution is -2.54. The lowest BCUT2D eigenvalue weighted by atomic mass is 9.79. The lowest BCUT2D eigenvalue weighted by Gasteiger charge is -2.41. The van der Waals surface area contributed by atoms with Crippen LogP contribution in [0.1, 0.15) is 33.6 Å². The molecular weight excluding hydrogens is 257 g/mol. The first-order valence-corrected chi connectivity index (χ1v) is 6.82. The highest BCUT2D eigenvalue weighted by molar-refractivity contribution is 5.14. The van der Waals surface area contributed by atoms with Crippen LogP contribution in [0.3, 0.4) is 0 Å². The summed E-state index contributed by atoms with van der Waals surface area (Å²) in [6.07, 6.45) is 0.0846. The smallest absolute Gasteiger partial charge is 0.353 e. The van der Waals surface area contributed by atoms with Gasteiger partial charge in [0.2, 0.25) is 0 Å². The molecule has 2 aliphatic carbocycles. The molecular formula is C14H21F3O2. The average molecular weight is 278 g/mol. The summed E-state index contributed by atoms with van der Waals surface area (Å²) in [6.45, 7) is 4.77. The van der Waals surface area contributed by atoms with E-state index in [1.807, 2.05) is 12.2 Å². The number of alkyl halides is 3. The molecule has 0 spiro atoms. The van der Waals surface area contributed by atoms with Crippen molar-refractivity contribution in [3.05, 3.63) is 12.2 Å². The molecule has 2 rings (SSSR count). The van der Waals surface area contributed by atoms with Crippen molar-refractivity contribution in [1.82, 2.24) is 0 Å². The summed E-state index contributed by atoms with van der Waals surface area (Å²) in [5.41, 5.74) is -2.13. The second-order valence-electron chi connectivity index (χ2n) is 5.63. The molecule has 2 nitrogen and oxygen atoms in total. The van der Waals surface area contributed by atoms with E-state index in [0.29, 0.717) is 13.0 Å². The number of rotatable bonds is 5. The highest BCUT2D eigenvalue weighted by atomic mass is 19.4. The summed E-state index contributed by atoms with van der Waals surface area (Å²) in [7, 11) is 0. The van der Waals surface area contributed by atoms with Crippen LogP contribution in [0, 0.1) is 17.8 Å². The van der Waals surface area contributed by atoms with E-state index >= 15 is 0 Å². The predicted molar refractivity (Wildman–Crippen MR) is 65.5 cm³/mol. The van der Waals surface area contributed by atoms with Gasteiger partial charge in [-0.25, -0.2) is 0 Å². The van der Waals surface area contributed by atoms with Crippen LogP contribution in [0.2, 0.25) is 0 Å². The minimum absolute atomic E-state index is 0.0227. The summed E-state index contributed by atoms with van der Waals surface area (Å²) in [6, 6.07) is 0. The molecule has 0 saturated heterocycles. The maximum absolute atomic E-state index is 13.5. The van der Waals surface area contributed by atoms with Gasteiger partial charge in [-0.15, -0.1) is 0 Å². The van der Waals surface area contributed by atoms with Gasteiger partial charge in [0.1, 0.15) is 0 Å². The van der Waals surface area contributed by atoms with Crippen LogP contribution < -0.4 is 0 Å². The second-order valence-corrected chi connectivity index (χ2v) is 5.63. The Morgan fingerprint density at radius 1 is 1.26 bits per heavy atom. The monoisotopic (exact) mass is 278 g/mol. The number of allylic oxidation sites excluding steroid dienone is 2. The zero-order chi connectivity index (χ0) is 14.3. The molecule has 0 heterocycles. The van der Waals surface area contributed by atoms with E-state index in [2.05, 4.69) is 0 Å². The zero-order valence-corrected chi connectivity index (χ0v) is 11.5. The summed E-state index contributed by atoms with van der Waals surface area (Å²) in [5.74, 6) is -0.251. The highest BCUT2D eigenvalue weighted by Gasteiger charge is 2.61. The molecule has 2 bridgehead atoms. The molecule has 110 valence electrons. The molecule has 5 heteroatoms. The van der Waals surface area contributed by atoms with Crippen molar-refractivity contribution in [2.24, 2.45) is 17.8 Å². The molecule has 0 radical (unpaired) electrons. The summed E-state index contributed by atoms with van der Waals surface area (Å²) in [5, 5.41) is 0. The maximum Gasteiger partial charge on any atom is 0.417 e. The van der Waals surface area contributed by atoms with E-state index in [9.17, 15) is 13.2 Å². The summed E-state index contributed by atoms with van der Waals surface area (Å²) in [4.78, 5) is 0. The van der Waals surface area contributed by atoms with Crippen molar-refractivity contribution in [1.29, 1.82) is 0 Å². The molecule has 2 aliphatic rings. The Labute approximate surface area is 112 Å². The summed E-state index contributed by atoms with van der Waals surface area (Å²) < 4.78 is 50.9. The van der Waals surface area contributed by atoms with E-state index < -0.39 is 24.0 Å². The van der Waals surface area contributed by atoms with Crippen LogP contribution >= 0.6 is 0 Å². The Hall–Kier alpha value is -0.550. The number of hydrogen-bond donors (Lipinski definition) is 0. The van der Waals surface area contributed by atoms with Gasteiger partial charge >= 0.3 is 6.18 Å². The molecule has 0 aromatic heterocycles.